The van der Waals surface area contributed by atoms with E-state index in [1.165, 1.54) is 0 Å². The summed E-state index contributed by atoms with van der Waals surface area (Å²) in [6.45, 7) is 3.08. The molecule has 2 heterocycles. The Hall–Kier alpha value is -0.770. The van der Waals surface area contributed by atoms with Crippen LogP contribution in [0.5, 0.6) is 0 Å². The Balaban J connectivity index is 1.84. The first-order valence-corrected chi connectivity index (χ1v) is 5.81. The second kappa shape index (κ2) is 4.84. The number of rotatable bonds is 0. The summed E-state index contributed by atoms with van der Waals surface area (Å²) in [5.41, 5.74) is 0. The van der Waals surface area contributed by atoms with Crippen molar-refractivity contribution < 1.29 is 9.90 Å². The fourth-order valence-corrected chi connectivity index (χ4v) is 2.20. The molecule has 0 saturated carbocycles. The summed E-state index contributed by atoms with van der Waals surface area (Å²) in [6.07, 6.45) is 5.62. The number of aliphatic hydroxyl groups excluding tert-OH is 1. The number of aliphatic hydroxyl groups is 1. The van der Waals surface area contributed by atoms with Crippen molar-refractivity contribution in [3.8, 4) is 0 Å². The molecular weight excluding hydrogens is 192 g/mol. The predicted molar refractivity (Wildman–Crippen MR) is 57.3 cm³/mol. The van der Waals surface area contributed by atoms with E-state index in [4.69, 9.17) is 0 Å². The second-order valence-electron chi connectivity index (χ2n) is 4.38. The molecule has 2 fully saturated rings. The highest BCUT2D eigenvalue weighted by Crippen LogP contribution is 2.15. The van der Waals surface area contributed by atoms with E-state index in [1.807, 2.05) is 9.80 Å². The van der Waals surface area contributed by atoms with E-state index in [-0.39, 0.29) is 12.1 Å². The molecule has 0 bridgehead atoms. The van der Waals surface area contributed by atoms with E-state index in [1.54, 1.807) is 0 Å². The van der Waals surface area contributed by atoms with E-state index in [2.05, 4.69) is 6.42 Å². The van der Waals surface area contributed by atoms with Crippen molar-refractivity contribution in [1.82, 2.24) is 9.80 Å². The highest BCUT2D eigenvalue weighted by atomic mass is 16.3. The van der Waals surface area contributed by atoms with Gasteiger partial charge >= 0.3 is 6.03 Å². The highest BCUT2D eigenvalue weighted by Gasteiger charge is 2.25. The summed E-state index contributed by atoms with van der Waals surface area (Å²) in [6, 6.07) is 0.151. The molecule has 0 aliphatic carbocycles. The molecule has 0 aromatic rings. The molecule has 0 aromatic carbocycles. The fourth-order valence-electron chi connectivity index (χ4n) is 2.20. The third kappa shape index (κ3) is 2.62. The Morgan fingerprint density at radius 2 is 1.93 bits per heavy atom. The van der Waals surface area contributed by atoms with Gasteiger partial charge in [-0.1, -0.05) is 0 Å². The van der Waals surface area contributed by atoms with E-state index in [0.717, 1.165) is 38.8 Å². The van der Waals surface area contributed by atoms with E-state index in [0.29, 0.717) is 13.1 Å². The van der Waals surface area contributed by atoms with Crippen LogP contribution in [-0.4, -0.2) is 53.2 Å². The van der Waals surface area contributed by atoms with Gasteiger partial charge in [0.25, 0.3) is 0 Å². The van der Waals surface area contributed by atoms with Gasteiger partial charge in [-0.25, -0.2) is 4.79 Å². The molecule has 2 saturated heterocycles. The van der Waals surface area contributed by atoms with Gasteiger partial charge in [-0.05, 0) is 32.1 Å². The smallest absolute Gasteiger partial charge is 0.320 e. The predicted octanol–water partition coefficient (Wildman–Crippen LogP) is 0.863. The number of hydrogen-bond acceptors (Lipinski definition) is 2. The first-order valence-electron chi connectivity index (χ1n) is 5.81. The zero-order chi connectivity index (χ0) is 10.7. The molecule has 15 heavy (non-hydrogen) atoms. The van der Waals surface area contributed by atoms with Gasteiger partial charge in [0.15, 0.2) is 0 Å². The quantitative estimate of drug-likeness (QED) is 0.646. The maximum Gasteiger partial charge on any atom is 0.320 e. The summed E-state index contributed by atoms with van der Waals surface area (Å²) in [7, 11) is 0. The molecule has 4 nitrogen and oxygen atoms in total. The monoisotopic (exact) mass is 211 g/mol. The van der Waals surface area contributed by atoms with E-state index < -0.39 is 0 Å². The van der Waals surface area contributed by atoms with Crippen LogP contribution in [0.4, 0.5) is 4.79 Å². The van der Waals surface area contributed by atoms with Crippen molar-refractivity contribution in [2.75, 3.05) is 26.2 Å². The Labute approximate surface area is 90.9 Å². The summed E-state index contributed by atoms with van der Waals surface area (Å²) < 4.78 is 0. The lowest BCUT2D eigenvalue weighted by atomic mass is 10.1. The Morgan fingerprint density at radius 3 is 2.53 bits per heavy atom. The maximum absolute atomic E-state index is 12.0. The van der Waals surface area contributed by atoms with Crippen LogP contribution in [0.1, 0.15) is 25.7 Å². The van der Waals surface area contributed by atoms with Crippen molar-refractivity contribution in [1.29, 1.82) is 0 Å². The van der Waals surface area contributed by atoms with Crippen molar-refractivity contribution in [2.45, 2.75) is 31.8 Å². The van der Waals surface area contributed by atoms with Gasteiger partial charge < -0.3 is 14.9 Å². The third-order valence-corrected chi connectivity index (χ3v) is 3.19. The molecule has 0 aromatic heterocycles. The molecular formula is C11H19N2O2. The Bertz CT molecular complexity index is 219. The zero-order valence-electron chi connectivity index (χ0n) is 9.06. The van der Waals surface area contributed by atoms with E-state index >= 15 is 0 Å². The van der Waals surface area contributed by atoms with Gasteiger partial charge in [-0.15, -0.1) is 0 Å². The van der Waals surface area contributed by atoms with Crippen LogP contribution in [0.25, 0.3) is 0 Å². The average Bonchev–Trinajstić information content (AvgIpc) is 2.30. The number of carbonyl (C=O) groups excluding carboxylic acids is 1. The largest absolute Gasteiger partial charge is 0.393 e. The summed E-state index contributed by atoms with van der Waals surface area (Å²) in [5.74, 6) is 0. The van der Waals surface area contributed by atoms with Gasteiger partial charge in [0.2, 0.25) is 0 Å². The number of amides is 2. The molecule has 1 N–H and O–H groups in total. The highest BCUT2D eigenvalue weighted by molar-refractivity contribution is 5.74. The third-order valence-electron chi connectivity index (χ3n) is 3.19. The molecule has 85 valence electrons. The van der Waals surface area contributed by atoms with Gasteiger partial charge in [0.05, 0.1) is 6.10 Å². The number of hydrogen-bond donors (Lipinski definition) is 1. The first kappa shape index (κ1) is 10.7. The molecule has 2 rings (SSSR count). The van der Waals surface area contributed by atoms with Gasteiger partial charge in [-0.2, -0.15) is 0 Å². The lowest BCUT2D eigenvalue weighted by molar-refractivity contribution is 0.0808. The minimum Gasteiger partial charge on any atom is -0.393 e. The molecule has 0 spiro atoms. The molecule has 2 amide bonds. The van der Waals surface area contributed by atoms with Crippen LogP contribution in [0.2, 0.25) is 0 Å². The van der Waals surface area contributed by atoms with Crippen LogP contribution in [0.3, 0.4) is 0 Å². The molecule has 0 atom stereocenters. The van der Waals surface area contributed by atoms with Crippen molar-refractivity contribution >= 4 is 6.03 Å². The van der Waals surface area contributed by atoms with Crippen molar-refractivity contribution in [2.24, 2.45) is 0 Å². The lowest BCUT2D eigenvalue weighted by Crippen LogP contribution is -2.49. The SMILES string of the molecule is O=C(N1C[CH]CCC1)N1CCC(O)CC1. The summed E-state index contributed by atoms with van der Waals surface area (Å²) in [5, 5.41) is 9.36. The molecule has 4 heteroatoms. The average molecular weight is 211 g/mol. The topological polar surface area (TPSA) is 43.8 Å². The fraction of sp³-hybridized carbons (Fsp3) is 0.818. The molecule has 2 aliphatic rings. The number of urea groups is 1. The van der Waals surface area contributed by atoms with Gasteiger partial charge in [-0.3, -0.25) is 0 Å². The summed E-state index contributed by atoms with van der Waals surface area (Å²) in [4.78, 5) is 15.8. The maximum atomic E-state index is 12.0. The number of likely N-dealkylation sites (tertiary alicyclic amines) is 2. The Morgan fingerprint density at radius 1 is 1.20 bits per heavy atom. The first-order chi connectivity index (χ1) is 7.27. The summed E-state index contributed by atoms with van der Waals surface area (Å²) >= 11 is 0. The minimum atomic E-state index is -0.207. The van der Waals surface area contributed by atoms with Gasteiger partial charge in [0.1, 0.15) is 0 Å². The van der Waals surface area contributed by atoms with Crippen LogP contribution >= 0.6 is 0 Å². The number of carbonyl (C=O) groups is 1. The van der Waals surface area contributed by atoms with Crippen molar-refractivity contribution in [3.05, 3.63) is 6.42 Å². The molecule has 0 unspecified atom stereocenters. The van der Waals surface area contributed by atoms with Crippen LogP contribution in [0, 0.1) is 6.42 Å². The second-order valence-corrected chi connectivity index (χ2v) is 4.38. The van der Waals surface area contributed by atoms with Crippen LogP contribution in [0.15, 0.2) is 0 Å². The van der Waals surface area contributed by atoms with E-state index in [9.17, 15) is 9.90 Å². The van der Waals surface area contributed by atoms with Gasteiger partial charge in [0, 0.05) is 26.2 Å². The minimum absolute atomic E-state index is 0.151. The lowest BCUT2D eigenvalue weighted by Gasteiger charge is -2.35. The van der Waals surface area contributed by atoms with Crippen LogP contribution < -0.4 is 0 Å². The zero-order valence-corrected chi connectivity index (χ0v) is 9.06. The normalized spacial score (nSPS) is 24.3. The number of nitrogens with zero attached hydrogens (tertiary/aromatic N) is 2. The standard InChI is InChI=1S/C11H19N2O2/c14-10-4-8-13(9-5-10)11(15)12-6-2-1-3-7-12/h2,10,14H,1,3-9H2. The van der Waals surface area contributed by atoms with Crippen molar-refractivity contribution in [3.63, 3.8) is 0 Å². The van der Waals surface area contributed by atoms with Crippen LogP contribution in [-0.2, 0) is 0 Å². The number of piperidine rings is 2. The molecule has 1 radical (unpaired) electrons. The Kier molecular flexibility index (Phi) is 3.46. The molecule has 2 aliphatic heterocycles.